The second kappa shape index (κ2) is 4.74. The summed E-state index contributed by atoms with van der Waals surface area (Å²) in [6.07, 6.45) is -0.529. The fourth-order valence-corrected chi connectivity index (χ4v) is 1.31. The third kappa shape index (κ3) is 3.74. The monoisotopic (exact) mass is 259 g/mol. The Morgan fingerprint density at radius 1 is 1.65 bits per heavy atom. The molecule has 0 aromatic carbocycles. The van der Waals surface area contributed by atoms with E-state index in [2.05, 4.69) is 15.5 Å². The quantitative estimate of drug-likeness (QED) is 0.548. The van der Waals surface area contributed by atoms with Crippen molar-refractivity contribution in [2.75, 3.05) is 5.84 Å². The molecule has 4 N–H and O–H groups in total. The van der Waals surface area contributed by atoms with Crippen molar-refractivity contribution in [2.24, 2.45) is 0 Å². The van der Waals surface area contributed by atoms with Gasteiger partial charge in [0.25, 0.3) is 0 Å². The second-order valence-electron chi connectivity index (χ2n) is 4.62. The van der Waals surface area contributed by atoms with Crippen molar-refractivity contribution in [3.05, 3.63) is 10.6 Å². The summed E-state index contributed by atoms with van der Waals surface area (Å²) in [7, 11) is 0. The van der Waals surface area contributed by atoms with Crippen LogP contribution < -0.4 is 11.2 Å². The maximum absolute atomic E-state index is 11.5. The molecule has 0 spiro atoms. The van der Waals surface area contributed by atoms with Crippen LogP contribution in [0.2, 0.25) is 0 Å². The topological polar surface area (TPSA) is 98.0 Å². The predicted octanol–water partition coefficient (Wildman–Crippen LogP) is 1.24. The molecule has 8 heteroatoms. The molecular formula is C9H17N5O2S. The third-order valence-electron chi connectivity index (χ3n) is 1.85. The Hall–Kier alpha value is -1.57. The van der Waals surface area contributed by atoms with Crippen LogP contribution in [0.4, 0.5) is 4.79 Å². The van der Waals surface area contributed by atoms with Crippen LogP contribution in [-0.2, 0) is 4.74 Å². The number of alkyl carbamates (subject to hydrolysis) is 1. The summed E-state index contributed by atoms with van der Waals surface area (Å²) in [6.45, 7) is 7.10. The van der Waals surface area contributed by atoms with Crippen molar-refractivity contribution in [3.8, 4) is 0 Å². The number of hydrogen-bond donors (Lipinski definition) is 3. The lowest BCUT2D eigenvalue weighted by Crippen LogP contribution is -2.35. The molecule has 1 amide bonds. The highest BCUT2D eigenvalue weighted by Crippen LogP contribution is 2.10. The summed E-state index contributed by atoms with van der Waals surface area (Å²) in [5.74, 6) is 6.06. The highest BCUT2D eigenvalue weighted by atomic mass is 32.1. The Kier molecular flexibility index (Phi) is 3.76. The highest BCUT2D eigenvalue weighted by Gasteiger charge is 2.20. The van der Waals surface area contributed by atoms with Gasteiger partial charge in [0.1, 0.15) is 5.60 Å². The van der Waals surface area contributed by atoms with E-state index in [0.717, 1.165) is 0 Å². The molecule has 1 unspecified atom stereocenters. The number of carbonyl (C=O) groups excluding carboxylic acids is 1. The molecule has 0 aliphatic carbocycles. The number of amides is 1. The molecule has 1 atom stereocenters. The fourth-order valence-electron chi connectivity index (χ4n) is 1.17. The number of nitrogen functional groups attached to an aromatic ring is 1. The number of H-pyrrole nitrogens is 1. The van der Waals surface area contributed by atoms with Gasteiger partial charge in [0, 0.05) is 0 Å². The van der Waals surface area contributed by atoms with Gasteiger partial charge in [-0.1, -0.05) is 0 Å². The zero-order valence-corrected chi connectivity index (χ0v) is 11.1. The van der Waals surface area contributed by atoms with Crippen molar-refractivity contribution in [1.82, 2.24) is 20.2 Å². The van der Waals surface area contributed by atoms with Crippen LogP contribution >= 0.6 is 12.2 Å². The van der Waals surface area contributed by atoms with Crippen molar-refractivity contribution in [1.29, 1.82) is 0 Å². The first-order valence-corrected chi connectivity index (χ1v) is 5.53. The molecule has 1 heterocycles. The van der Waals surface area contributed by atoms with Crippen LogP contribution in [0.25, 0.3) is 0 Å². The highest BCUT2D eigenvalue weighted by molar-refractivity contribution is 7.71. The van der Waals surface area contributed by atoms with E-state index in [-0.39, 0.29) is 4.77 Å². The number of nitrogens with one attached hydrogen (secondary N) is 2. The van der Waals surface area contributed by atoms with E-state index in [4.69, 9.17) is 22.8 Å². The van der Waals surface area contributed by atoms with Crippen LogP contribution in [0.3, 0.4) is 0 Å². The molecule has 0 saturated heterocycles. The normalized spacial score (nSPS) is 13.2. The number of carbonyl (C=O) groups is 1. The Labute approximate surface area is 104 Å². The van der Waals surface area contributed by atoms with Crippen LogP contribution in [0.5, 0.6) is 0 Å². The first-order chi connectivity index (χ1) is 7.70. The molecule has 0 aliphatic heterocycles. The molecular weight excluding hydrogens is 242 g/mol. The lowest BCUT2D eigenvalue weighted by molar-refractivity contribution is 0.0505. The third-order valence-corrected chi connectivity index (χ3v) is 2.14. The summed E-state index contributed by atoms with van der Waals surface area (Å²) in [6, 6.07) is -0.400. The van der Waals surface area contributed by atoms with E-state index in [1.165, 1.54) is 4.68 Å². The lowest BCUT2D eigenvalue weighted by atomic mass is 10.2. The zero-order chi connectivity index (χ0) is 13.2. The second-order valence-corrected chi connectivity index (χ2v) is 5.01. The number of nitrogens with two attached hydrogens (primary N) is 1. The van der Waals surface area contributed by atoms with Crippen molar-refractivity contribution in [3.63, 3.8) is 0 Å². The molecule has 0 fully saturated rings. The summed E-state index contributed by atoms with van der Waals surface area (Å²) >= 11 is 4.87. The van der Waals surface area contributed by atoms with Gasteiger partial charge in [-0.05, 0) is 39.9 Å². The molecule has 0 bridgehead atoms. The van der Waals surface area contributed by atoms with E-state index in [1.807, 2.05) is 0 Å². The van der Waals surface area contributed by atoms with Gasteiger partial charge in [-0.15, -0.1) is 0 Å². The molecule has 96 valence electrons. The van der Waals surface area contributed by atoms with Crippen molar-refractivity contribution in [2.45, 2.75) is 39.3 Å². The first-order valence-electron chi connectivity index (χ1n) is 5.12. The van der Waals surface area contributed by atoms with E-state index >= 15 is 0 Å². The molecule has 1 aromatic heterocycles. The first kappa shape index (κ1) is 13.5. The predicted molar refractivity (Wildman–Crippen MR) is 65.3 cm³/mol. The molecule has 1 rings (SSSR count). The minimum absolute atomic E-state index is 0.290. The van der Waals surface area contributed by atoms with Crippen LogP contribution in [-0.4, -0.2) is 26.6 Å². The SMILES string of the molecule is CC(NC(=O)OC(C)(C)C)c1n[nH]c(=S)n1N. The van der Waals surface area contributed by atoms with Gasteiger partial charge in [0.15, 0.2) is 5.82 Å². The molecule has 1 aromatic rings. The largest absolute Gasteiger partial charge is 0.444 e. The minimum atomic E-state index is -0.544. The maximum atomic E-state index is 11.5. The minimum Gasteiger partial charge on any atom is -0.444 e. The Bertz CT molecular complexity index is 459. The van der Waals surface area contributed by atoms with Crippen LogP contribution in [0, 0.1) is 4.77 Å². The van der Waals surface area contributed by atoms with Gasteiger partial charge >= 0.3 is 6.09 Å². The Morgan fingerprint density at radius 3 is 2.65 bits per heavy atom. The van der Waals surface area contributed by atoms with E-state index in [9.17, 15) is 4.79 Å². The fraction of sp³-hybridized carbons (Fsp3) is 0.667. The van der Waals surface area contributed by atoms with Gasteiger partial charge in [0.05, 0.1) is 6.04 Å². The molecule has 0 saturated carbocycles. The number of nitrogens with zero attached hydrogens (tertiary/aromatic N) is 2. The molecule has 0 aliphatic rings. The summed E-state index contributed by atoms with van der Waals surface area (Å²) in [5, 5.41) is 9.07. The summed E-state index contributed by atoms with van der Waals surface area (Å²) < 4.78 is 6.61. The van der Waals surface area contributed by atoms with Crippen LogP contribution in [0.1, 0.15) is 39.6 Å². The van der Waals surface area contributed by atoms with Crippen molar-refractivity contribution < 1.29 is 9.53 Å². The summed E-state index contributed by atoms with van der Waals surface area (Å²) in [5.41, 5.74) is -0.544. The summed E-state index contributed by atoms with van der Waals surface area (Å²) in [4.78, 5) is 11.5. The standard InChI is InChI=1S/C9H17N5O2S/c1-5(6-12-13-7(17)14(6)10)11-8(15)16-9(2,3)4/h5H,10H2,1-4H3,(H,11,15)(H,13,17). The number of ether oxygens (including phenoxy) is 1. The number of aromatic nitrogens is 3. The average molecular weight is 259 g/mol. The van der Waals surface area contributed by atoms with Gasteiger partial charge < -0.3 is 15.9 Å². The maximum Gasteiger partial charge on any atom is 0.408 e. The van der Waals surface area contributed by atoms with E-state index in [0.29, 0.717) is 5.82 Å². The molecule has 17 heavy (non-hydrogen) atoms. The Balaban J connectivity index is 2.67. The van der Waals surface area contributed by atoms with Crippen LogP contribution in [0.15, 0.2) is 0 Å². The van der Waals surface area contributed by atoms with Crippen molar-refractivity contribution >= 4 is 18.3 Å². The van der Waals surface area contributed by atoms with Gasteiger partial charge in [0.2, 0.25) is 4.77 Å². The van der Waals surface area contributed by atoms with E-state index in [1.54, 1.807) is 27.7 Å². The Morgan fingerprint density at radius 2 is 2.24 bits per heavy atom. The number of aromatic amines is 1. The van der Waals surface area contributed by atoms with Gasteiger partial charge in [-0.25, -0.2) is 9.47 Å². The molecule has 7 nitrogen and oxygen atoms in total. The lowest BCUT2D eigenvalue weighted by Gasteiger charge is -2.21. The zero-order valence-electron chi connectivity index (χ0n) is 10.3. The number of rotatable bonds is 2. The molecule has 0 radical (unpaired) electrons. The average Bonchev–Trinajstić information content (AvgIpc) is 2.44. The van der Waals surface area contributed by atoms with Gasteiger partial charge in [-0.2, -0.15) is 5.10 Å². The smallest absolute Gasteiger partial charge is 0.408 e. The van der Waals surface area contributed by atoms with Gasteiger partial charge in [-0.3, -0.25) is 5.10 Å². The van der Waals surface area contributed by atoms with E-state index < -0.39 is 17.7 Å². The number of hydrogen-bond acceptors (Lipinski definition) is 5.